The summed E-state index contributed by atoms with van der Waals surface area (Å²) in [5.41, 5.74) is 1.43. The smallest absolute Gasteiger partial charge is 0.240 e. The van der Waals surface area contributed by atoms with Crippen molar-refractivity contribution < 1.29 is 14.6 Å². The van der Waals surface area contributed by atoms with E-state index >= 15 is 0 Å². The Bertz CT molecular complexity index is 808. The number of nitrogens with one attached hydrogen (secondary N) is 1. The number of hydrogen-bond acceptors (Lipinski definition) is 6. The third kappa shape index (κ3) is 5.51. The molecule has 3 rings (SSSR count). The van der Waals surface area contributed by atoms with Gasteiger partial charge in [0.2, 0.25) is 5.91 Å². The van der Waals surface area contributed by atoms with Crippen molar-refractivity contribution in [1.29, 1.82) is 0 Å². The van der Waals surface area contributed by atoms with Crippen molar-refractivity contribution in [3.63, 3.8) is 0 Å². The van der Waals surface area contributed by atoms with Gasteiger partial charge in [0.15, 0.2) is 5.13 Å². The minimum absolute atomic E-state index is 0.108. The average Bonchev–Trinajstić information content (AvgIpc) is 3.01. The molecule has 1 aromatic carbocycles. The number of thiazole rings is 1. The SMILES string of the molecule is Cc1cnc(NC(=O)CN2CCCC(O)(COc3ccc(C)c(C)c3)C2)s1. The molecule has 2 aromatic rings. The Hall–Kier alpha value is -1.96. The lowest BCUT2D eigenvalue weighted by Crippen LogP contribution is -2.53. The predicted octanol–water partition coefficient (Wildman–Crippen LogP) is 2.91. The molecule has 1 aromatic heterocycles. The third-order valence-electron chi connectivity index (χ3n) is 4.86. The number of nitrogens with zero attached hydrogens (tertiary/aromatic N) is 2. The van der Waals surface area contributed by atoms with Gasteiger partial charge in [-0.05, 0) is 63.4 Å². The maximum atomic E-state index is 12.3. The van der Waals surface area contributed by atoms with E-state index in [0.29, 0.717) is 18.1 Å². The highest BCUT2D eigenvalue weighted by Crippen LogP contribution is 2.24. The van der Waals surface area contributed by atoms with Gasteiger partial charge in [-0.3, -0.25) is 9.69 Å². The molecule has 0 aliphatic carbocycles. The minimum Gasteiger partial charge on any atom is -0.491 e. The van der Waals surface area contributed by atoms with Crippen molar-refractivity contribution in [1.82, 2.24) is 9.88 Å². The molecule has 7 heteroatoms. The minimum atomic E-state index is -0.949. The van der Waals surface area contributed by atoms with Crippen molar-refractivity contribution in [2.24, 2.45) is 0 Å². The molecule has 1 atom stereocenters. The summed E-state index contributed by atoms with van der Waals surface area (Å²) in [6.45, 7) is 7.72. The number of rotatable bonds is 6. The largest absolute Gasteiger partial charge is 0.491 e. The molecule has 146 valence electrons. The van der Waals surface area contributed by atoms with E-state index in [2.05, 4.69) is 17.2 Å². The normalized spacial score (nSPS) is 20.4. The lowest BCUT2D eigenvalue weighted by atomic mass is 9.93. The van der Waals surface area contributed by atoms with Gasteiger partial charge in [0.1, 0.15) is 18.0 Å². The molecule has 27 heavy (non-hydrogen) atoms. The number of anilines is 1. The molecule has 1 amide bonds. The van der Waals surface area contributed by atoms with Gasteiger partial charge in [-0.2, -0.15) is 0 Å². The average molecular weight is 390 g/mol. The van der Waals surface area contributed by atoms with Crippen LogP contribution in [0.5, 0.6) is 5.75 Å². The first-order chi connectivity index (χ1) is 12.8. The summed E-state index contributed by atoms with van der Waals surface area (Å²) in [7, 11) is 0. The predicted molar refractivity (Wildman–Crippen MR) is 108 cm³/mol. The molecule has 1 saturated heterocycles. The third-order valence-corrected chi connectivity index (χ3v) is 5.68. The molecular formula is C20H27N3O3S. The maximum Gasteiger partial charge on any atom is 0.240 e. The molecule has 1 fully saturated rings. The van der Waals surface area contributed by atoms with Crippen LogP contribution in [0.4, 0.5) is 5.13 Å². The van der Waals surface area contributed by atoms with Gasteiger partial charge in [0.05, 0.1) is 6.54 Å². The number of likely N-dealkylation sites (tertiary alicyclic amines) is 1. The lowest BCUT2D eigenvalue weighted by molar-refractivity contribution is -0.119. The molecular weight excluding hydrogens is 362 g/mol. The van der Waals surface area contributed by atoms with Crippen molar-refractivity contribution in [2.45, 2.75) is 39.2 Å². The van der Waals surface area contributed by atoms with Gasteiger partial charge in [0, 0.05) is 17.6 Å². The zero-order chi connectivity index (χ0) is 19.4. The van der Waals surface area contributed by atoms with Gasteiger partial charge in [-0.25, -0.2) is 4.98 Å². The second-order valence-corrected chi connectivity index (χ2v) is 8.63. The van der Waals surface area contributed by atoms with Crippen LogP contribution in [0.1, 0.15) is 28.8 Å². The van der Waals surface area contributed by atoms with Crippen LogP contribution in [0.25, 0.3) is 0 Å². The highest BCUT2D eigenvalue weighted by atomic mass is 32.1. The van der Waals surface area contributed by atoms with Crippen molar-refractivity contribution in [2.75, 3.05) is 31.6 Å². The number of amides is 1. The summed E-state index contributed by atoms with van der Waals surface area (Å²) in [4.78, 5) is 19.4. The van der Waals surface area contributed by atoms with E-state index in [9.17, 15) is 9.90 Å². The Morgan fingerprint density at radius 1 is 1.37 bits per heavy atom. The zero-order valence-corrected chi connectivity index (χ0v) is 16.9. The number of carbonyl (C=O) groups excluding carboxylic acids is 1. The van der Waals surface area contributed by atoms with Crippen LogP contribution in [0, 0.1) is 20.8 Å². The summed E-state index contributed by atoms with van der Waals surface area (Å²) in [6, 6.07) is 5.94. The van der Waals surface area contributed by atoms with E-state index < -0.39 is 5.60 Å². The molecule has 0 bridgehead atoms. The first-order valence-corrected chi connectivity index (χ1v) is 10.0. The first kappa shape index (κ1) is 19.8. The van der Waals surface area contributed by atoms with Crippen LogP contribution < -0.4 is 10.1 Å². The quantitative estimate of drug-likeness (QED) is 0.795. The van der Waals surface area contributed by atoms with Crippen LogP contribution in [-0.2, 0) is 4.79 Å². The van der Waals surface area contributed by atoms with Crippen LogP contribution in [0.2, 0.25) is 0 Å². The fraction of sp³-hybridized carbons (Fsp3) is 0.500. The molecule has 0 radical (unpaired) electrons. The van der Waals surface area contributed by atoms with Crippen LogP contribution in [0.3, 0.4) is 0 Å². The summed E-state index contributed by atoms with van der Waals surface area (Å²) in [5, 5.41) is 14.4. The van der Waals surface area contributed by atoms with E-state index in [1.165, 1.54) is 22.5 Å². The summed E-state index contributed by atoms with van der Waals surface area (Å²) >= 11 is 1.45. The molecule has 0 saturated carbocycles. The highest BCUT2D eigenvalue weighted by molar-refractivity contribution is 7.15. The van der Waals surface area contributed by atoms with E-state index in [-0.39, 0.29) is 19.1 Å². The van der Waals surface area contributed by atoms with Crippen LogP contribution >= 0.6 is 11.3 Å². The van der Waals surface area contributed by atoms with Gasteiger partial charge in [0.25, 0.3) is 0 Å². The van der Waals surface area contributed by atoms with Crippen LogP contribution in [0.15, 0.2) is 24.4 Å². The molecule has 6 nitrogen and oxygen atoms in total. The Morgan fingerprint density at radius 3 is 2.89 bits per heavy atom. The number of aliphatic hydroxyl groups is 1. The molecule has 1 aliphatic heterocycles. The van der Waals surface area contributed by atoms with Crippen LogP contribution in [-0.4, -0.2) is 52.7 Å². The fourth-order valence-electron chi connectivity index (χ4n) is 3.25. The van der Waals surface area contributed by atoms with Gasteiger partial charge in [-0.1, -0.05) is 6.07 Å². The molecule has 1 aliphatic rings. The number of piperidine rings is 1. The lowest BCUT2D eigenvalue weighted by Gasteiger charge is -2.38. The van der Waals surface area contributed by atoms with E-state index in [4.69, 9.17) is 4.74 Å². The number of hydrogen-bond donors (Lipinski definition) is 2. The standard InChI is InChI=1S/C20H27N3O3S/c1-14-5-6-17(9-15(14)2)26-13-20(25)7-4-8-23(12-20)11-18(24)22-19-21-10-16(3)27-19/h5-6,9-10,25H,4,7-8,11-13H2,1-3H3,(H,21,22,24). The summed E-state index contributed by atoms with van der Waals surface area (Å²) in [5.74, 6) is 0.657. The molecule has 0 spiro atoms. The topological polar surface area (TPSA) is 74.7 Å². The van der Waals surface area contributed by atoms with Gasteiger partial charge < -0.3 is 15.2 Å². The Morgan fingerprint density at radius 2 is 2.19 bits per heavy atom. The van der Waals surface area contributed by atoms with Gasteiger partial charge in [-0.15, -0.1) is 11.3 Å². The molecule has 1 unspecified atom stereocenters. The highest BCUT2D eigenvalue weighted by Gasteiger charge is 2.34. The second kappa shape index (κ2) is 8.37. The summed E-state index contributed by atoms with van der Waals surface area (Å²) < 4.78 is 5.85. The van der Waals surface area contributed by atoms with E-state index in [1.54, 1.807) is 6.20 Å². The number of benzene rings is 1. The molecule has 2 heterocycles. The number of aromatic nitrogens is 1. The first-order valence-electron chi connectivity index (χ1n) is 9.20. The fourth-order valence-corrected chi connectivity index (χ4v) is 3.94. The number of ether oxygens (including phenoxy) is 1. The maximum absolute atomic E-state index is 12.3. The number of carbonyl (C=O) groups is 1. The summed E-state index contributed by atoms with van der Waals surface area (Å²) in [6.07, 6.45) is 3.24. The monoisotopic (exact) mass is 389 g/mol. The Kier molecular flexibility index (Phi) is 6.14. The second-order valence-electron chi connectivity index (χ2n) is 7.40. The van der Waals surface area contributed by atoms with E-state index in [1.807, 2.05) is 36.9 Å². The van der Waals surface area contributed by atoms with Crippen molar-refractivity contribution in [3.05, 3.63) is 40.4 Å². The Labute approximate surface area is 164 Å². The Balaban J connectivity index is 1.52. The number of aryl methyl sites for hydroxylation is 3. The van der Waals surface area contributed by atoms with E-state index in [0.717, 1.165) is 23.6 Å². The zero-order valence-electron chi connectivity index (χ0n) is 16.1. The van der Waals surface area contributed by atoms with Crippen molar-refractivity contribution in [3.8, 4) is 5.75 Å². The number of β-amino-alcohol motifs (C(OH)–C–C–N with tert-alkyl or cyclic N) is 1. The van der Waals surface area contributed by atoms with Crippen molar-refractivity contribution >= 4 is 22.4 Å². The van der Waals surface area contributed by atoms with Gasteiger partial charge >= 0.3 is 0 Å². The molecule has 2 N–H and O–H groups in total.